The van der Waals surface area contributed by atoms with Crippen molar-refractivity contribution in [3.63, 3.8) is 0 Å². The lowest BCUT2D eigenvalue weighted by atomic mass is 9.96. The predicted molar refractivity (Wildman–Crippen MR) is 112 cm³/mol. The third-order valence-electron chi connectivity index (χ3n) is 5.57. The molecule has 0 fully saturated rings. The quantitative estimate of drug-likeness (QED) is 0.707. The molecule has 1 aliphatic carbocycles. The molecule has 152 valence electrons. The van der Waals surface area contributed by atoms with Crippen molar-refractivity contribution in [1.29, 1.82) is 0 Å². The first-order chi connectivity index (χ1) is 13.7. The molecule has 0 saturated carbocycles. The van der Waals surface area contributed by atoms with E-state index in [0.29, 0.717) is 6.61 Å². The molecule has 1 unspecified atom stereocenters. The summed E-state index contributed by atoms with van der Waals surface area (Å²) in [5.41, 5.74) is 3.36. The van der Waals surface area contributed by atoms with Crippen molar-refractivity contribution in [1.82, 2.24) is 0 Å². The van der Waals surface area contributed by atoms with Gasteiger partial charge in [-0.2, -0.15) is 4.99 Å². The molecular weight excluding hydrogens is 366 g/mol. The number of hydrogen-bond donors (Lipinski definition) is 0. The number of rotatable bonds is 4. The summed E-state index contributed by atoms with van der Waals surface area (Å²) in [4.78, 5) is 17.0. The average molecular weight is 393 g/mol. The lowest BCUT2D eigenvalue weighted by Crippen LogP contribution is -2.46. The van der Waals surface area contributed by atoms with E-state index in [2.05, 4.69) is 29.3 Å². The Kier molecular flexibility index (Phi) is 4.74. The third-order valence-corrected chi connectivity index (χ3v) is 5.57. The topological polar surface area (TPSA) is 57.1 Å². The summed E-state index contributed by atoms with van der Waals surface area (Å²) in [7, 11) is 0. The van der Waals surface area contributed by atoms with Crippen molar-refractivity contribution < 1.29 is 19.0 Å². The smallest absolute Gasteiger partial charge is 0.392 e. The van der Waals surface area contributed by atoms with E-state index in [-0.39, 0.29) is 17.6 Å². The number of carbonyl (C=O) groups is 1. The Morgan fingerprint density at radius 3 is 2.17 bits per heavy atom. The number of esters is 1. The van der Waals surface area contributed by atoms with E-state index >= 15 is 0 Å². The van der Waals surface area contributed by atoms with Gasteiger partial charge >= 0.3 is 12.1 Å². The van der Waals surface area contributed by atoms with Gasteiger partial charge in [0, 0.05) is 5.92 Å². The first-order valence-electron chi connectivity index (χ1n) is 10.00. The van der Waals surface area contributed by atoms with Crippen molar-refractivity contribution in [3.05, 3.63) is 59.7 Å². The number of aliphatic imine (C=N–C) groups is 1. The number of cyclic esters (lactones) is 1. The van der Waals surface area contributed by atoms with Crippen LogP contribution in [0.1, 0.15) is 51.7 Å². The van der Waals surface area contributed by atoms with Crippen LogP contribution in [0.3, 0.4) is 0 Å². The number of benzene rings is 2. The SMILES string of the molecule is CC(OC(C)(C)C)[C@@]1(C)N=C(OCC2c3ccccc3-c3ccccc32)OC1=O. The van der Waals surface area contributed by atoms with Gasteiger partial charge < -0.3 is 14.2 Å². The molecule has 0 bridgehead atoms. The van der Waals surface area contributed by atoms with Gasteiger partial charge in [-0.25, -0.2) is 4.79 Å². The molecule has 5 nitrogen and oxygen atoms in total. The van der Waals surface area contributed by atoms with E-state index < -0.39 is 17.6 Å². The molecule has 2 aromatic rings. The summed E-state index contributed by atoms with van der Waals surface area (Å²) >= 11 is 0. The second kappa shape index (κ2) is 6.99. The normalized spacial score (nSPS) is 22.0. The maximum atomic E-state index is 12.5. The fourth-order valence-corrected chi connectivity index (χ4v) is 4.00. The summed E-state index contributed by atoms with van der Waals surface area (Å²) in [6.45, 7) is 9.76. The lowest BCUT2D eigenvalue weighted by molar-refractivity contribution is -0.149. The van der Waals surface area contributed by atoms with E-state index in [1.165, 1.54) is 22.3 Å². The largest absolute Gasteiger partial charge is 0.449 e. The molecule has 29 heavy (non-hydrogen) atoms. The van der Waals surface area contributed by atoms with Gasteiger partial charge in [0.15, 0.2) is 5.54 Å². The molecule has 0 saturated heterocycles. The maximum absolute atomic E-state index is 12.5. The van der Waals surface area contributed by atoms with E-state index in [0.717, 1.165) is 0 Å². The highest BCUT2D eigenvalue weighted by atomic mass is 16.7. The Morgan fingerprint density at radius 1 is 1.07 bits per heavy atom. The van der Waals surface area contributed by atoms with Crippen LogP contribution in [0, 0.1) is 0 Å². The highest BCUT2D eigenvalue weighted by molar-refractivity contribution is 5.97. The predicted octanol–water partition coefficient (Wildman–Crippen LogP) is 4.69. The van der Waals surface area contributed by atoms with Gasteiger partial charge in [-0.1, -0.05) is 48.5 Å². The van der Waals surface area contributed by atoms with Crippen LogP contribution in [0.15, 0.2) is 53.5 Å². The first-order valence-corrected chi connectivity index (χ1v) is 10.00. The van der Waals surface area contributed by atoms with Crippen LogP contribution in [-0.2, 0) is 19.0 Å². The average Bonchev–Trinajstić information content (AvgIpc) is 3.14. The lowest BCUT2D eigenvalue weighted by Gasteiger charge is -2.31. The summed E-state index contributed by atoms with van der Waals surface area (Å²) in [6.07, 6.45) is -0.423. The molecule has 2 aliphatic rings. The zero-order valence-electron chi connectivity index (χ0n) is 17.6. The van der Waals surface area contributed by atoms with Crippen LogP contribution in [0.2, 0.25) is 0 Å². The van der Waals surface area contributed by atoms with Crippen LogP contribution < -0.4 is 0 Å². The monoisotopic (exact) mass is 393 g/mol. The fraction of sp³-hybridized carbons (Fsp3) is 0.417. The van der Waals surface area contributed by atoms with Crippen LogP contribution in [0.5, 0.6) is 0 Å². The number of carbonyl (C=O) groups excluding carboxylic acids is 1. The van der Waals surface area contributed by atoms with Crippen LogP contribution >= 0.6 is 0 Å². The standard InChI is InChI=1S/C24H27NO4/c1-15(29-23(2,3)4)24(5)21(26)28-22(25-24)27-14-20-18-12-8-6-10-16(18)17-11-7-9-13-19(17)20/h6-13,15,20H,14H2,1-5H3/t15?,24-/m1/s1. The van der Waals surface area contributed by atoms with Crippen LogP contribution in [0.4, 0.5) is 0 Å². The van der Waals surface area contributed by atoms with Gasteiger partial charge in [0.2, 0.25) is 0 Å². The molecule has 0 aromatic heterocycles. The van der Waals surface area contributed by atoms with Crippen molar-refractivity contribution in [2.45, 2.75) is 57.8 Å². The molecule has 2 atom stereocenters. The fourth-order valence-electron chi connectivity index (χ4n) is 4.00. The minimum atomic E-state index is -1.12. The Balaban J connectivity index is 1.53. The molecule has 0 N–H and O–H groups in total. The van der Waals surface area contributed by atoms with Gasteiger partial charge in [0.05, 0.1) is 11.7 Å². The zero-order chi connectivity index (χ0) is 20.8. The molecular formula is C24H27NO4. The van der Waals surface area contributed by atoms with Crippen molar-refractivity contribution in [2.75, 3.05) is 6.61 Å². The second-order valence-corrected chi connectivity index (χ2v) is 8.83. The third kappa shape index (κ3) is 3.55. The van der Waals surface area contributed by atoms with Crippen molar-refractivity contribution in [2.24, 2.45) is 4.99 Å². The highest BCUT2D eigenvalue weighted by Crippen LogP contribution is 2.44. The number of fused-ring (bicyclic) bond motifs is 3. The Labute approximate surface area is 171 Å². The highest BCUT2D eigenvalue weighted by Gasteiger charge is 2.49. The van der Waals surface area contributed by atoms with Gasteiger partial charge in [-0.3, -0.25) is 0 Å². The Hall–Kier alpha value is -2.66. The summed E-state index contributed by atoms with van der Waals surface area (Å²) in [5.74, 6) is -0.379. The summed E-state index contributed by atoms with van der Waals surface area (Å²) < 4.78 is 17.2. The number of nitrogens with zero attached hydrogens (tertiary/aromatic N) is 1. The first kappa shape index (κ1) is 19.6. The summed E-state index contributed by atoms with van der Waals surface area (Å²) in [6, 6.07) is 16.7. The van der Waals surface area contributed by atoms with Gasteiger partial charge in [0.25, 0.3) is 0 Å². The van der Waals surface area contributed by atoms with E-state index in [4.69, 9.17) is 14.2 Å². The Bertz CT molecular complexity index is 929. The minimum Gasteiger partial charge on any atom is -0.449 e. The van der Waals surface area contributed by atoms with E-state index in [9.17, 15) is 4.79 Å². The maximum Gasteiger partial charge on any atom is 0.392 e. The van der Waals surface area contributed by atoms with Crippen LogP contribution in [-0.4, -0.2) is 35.9 Å². The molecule has 5 heteroatoms. The Morgan fingerprint density at radius 2 is 1.62 bits per heavy atom. The summed E-state index contributed by atoms with van der Waals surface area (Å²) in [5, 5.41) is 0. The minimum absolute atomic E-state index is 0.0173. The number of hydrogen-bond acceptors (Lipinski definition) is 5. The van der Waals surface area contributed by atoms with E-state index in [1.807, 2.05) is 52.0 Å². The molecule has 1 aliphatic heterocycles. The molecule has 0 amide bonds. The molecule has 2 aromatic carbocycles. The van der Waals surface area contributed by atoms with Crippen molar-refractivity contribution in [3.8, 4) is 11.1 Å². The van der Waals surface area contributed by atoms with Gasteiger partial charge in [-0.15, -0.1) is 0 Å². The molecule has 4 rings (SSSR count). The molecule has 0 radical (unpaired) electrons. The van der Waals surface area contributed by atoms with Crippen molar-refractivity contribution >= 4 is 12.1 Å². The molecule has 0 spiro atoms. The van der Waals surface area contributed by atoms with E-state index in [1.54, 1.807) is 6.92 Å². The second-order valence-electron chi connectivity index (χ2n) is 8.83. The number of ether oxygens (including phenoxy) is 3. The van der Waals surface area contributed by atoms with Gasteiger partial charge in [0.1, 0.15) is 6.61 Å². The van der Waals surface area contributed by atoms with Crippen LogP contribution in [0.25, 0.3) is 11.1 Å². The molecule has 1 heterocycles. The zero-order valence-corrected chi connectivity index (χ0v) is 17.6. The van der Waals surface area contributed by atoms with Gasteiger partial charge in [-0.05, 0) is 56.9 Å².